The number of aliphatic hydroxyl groups is 1. The van der Waals surface area contributed by atoms with Gasteiger partial charge >= 0.3 is 0 Å². The molecule has 1 aromatic rings. The summed E-state index contributed by atoms with van der Waals surface area (Å²) in [4.78, 5) is 14.3. The van der Waals surface area contributed by atoms with Crippen LogP contribution in [0.3, 0.4) is 0 Å². The third-order valence-electron chi connectivity index (χ3n) is 4.42. The maximum absolute atomic E-state index is 12.1. The lowest BCUT2D eigenvalue weighted by atomic mass is 10.1. The molecule has 1 amide bonds. The molecule has 4 heteroatoms. The van der Waals surface area contributed by atoms with Gasteiger partial charge in [0.2, 0.25) is 5.91 Å². The zero-order valence-electron chi connectivity index (χ0n) is 13.0. The predicted octanol–water partition coefficient (Wildman–Crippen LogP) is 1.78. The van der Waals surface area contributed by atoms with Crippen molar-refractivity contribution in [2.24, 2.45) is 5.92 Å². The molecule has 2 N–H and O–H groups in total. The van der Waals surface area contributed by atoms with E-state index in [1.807, 2.05) is 18.2 Å². The lowest BCUT2D eigenvalue weighted by Crippen LogP contribution is -2.43. The number of amides is 1. The Morgan fingerprint density at radius 3 is 2.71 bits per heavy atom. The molecule has 0 aromatic heterocycles. The van der Waals surface area contributed by atoms with Crippen molar-refractivity contribution < 1.29 is 9.90 Å². The number of rotatable bonds is 6. The minimum absolute atomic E-state index is 0.0000360. The molecule has 21 heavy (non-hydrogen) atoms. The number of hydrogen-bond acceptors (Lipinski definition) is 3. The van der Waals surface area contributed by atoms with Gasteiger partial charge in [0, 0.05) is 19.1 Å². The van der Waals surface area contributed by atoms with Crippen LogP contribution in [0.1, 0.15) is 31.7 Å². The zero-order valence-corrected chi connectivity index (χ0v) is 13.0. The van der Waals surface area contributed by atoms with Crippen LogP contribution in [0.15, 0.2) is 30.3 Å². The first-order valence-corrected chi connectivity index (χ1v) is 7.78. The summed E-state index contributed by atoms with van der Waals surface area (Å²) >= 11 is 0. The molecule has 1 saturated carbocycles. The van der Waals surface area contributed by atoms with E-state index in [4.69, 9.17) is 0 Å². The molecular formula is C17H26N2O2. The molecule has 0 aliphatic heterocycles. The Labute approximate surface area is 127 Å². The molecule has 0 saturated heterocycles. The molecule has 3 atom stereocenters. The van der Waals surface area contributed by atoms with E-state index in [2.05, 4.69) is 36.3 Å². The van der Waals surface area contributed by atoms with Gasteiger partial charge in [-0.25, -0.2) is 0 Å². The fourth-order valence-electron chi connectivity index (χ4n) is 2.81. The quantitative estimate of drug-likeness (QED) is 0.840. The van der Waals surface area contributed by atoms with Crippen molar-refractivity contribution in [1.29, 1.82) is 0 Å². The molecule has 1 aromatic carbocycles. The van der Waals surface area contributed by atoms with Crippen molar-refractivity contribution in [2.75, 3.05) is 13.6 Å². The summed E-state index contributed by atoms with van der Waals surface area (Å²) in [7, 11) is 2.06. The highest BCUT2D eigenvalue weighted by molar-refractivity contribution is 5.79. The third kappa shape index (κ3) is 4.55. The number of nitrogens with zero attached hydrogens (tertiary/aromatic N) is 1. The summed E-state index contributed by atoms with van der Waals surface area (Å²) in [5.41, 5.74) is 1.27. The van der Waals surface area contributed by atoms with Crippen LogP contribution in [0.4, 0.5) is 0 Å². The molecule has 0 bridgehead atoms. The van der Waals surface area contributed by atoms with Crippen LogP contribution in [0.25, 0.3) is 0 Å². The van der Waals surface area contributed by atoms with Gasteiger partial charge < -0.3 is 10.4 Å². The molecule has 0 heterocycles. The van der Waals surface area contributed by atoms with Crippen molar-refractivity contribution in [3.8, 4) is 0 Å². The summed E-state index contributed by atoms with van der Waals surface area (Å²) in [6.45, 7) is 3.59. The van der Waals surface area contributed by atoms with Crippen LogP contribution >= 0.6 is 0 Å². The molecule has 0 radical (unpaired) electrons. The number of nitrogens with one attached hydrogen (secondary N) is 1. The van der Waals surface area contributed by atoms with Crippen molar-refractivity contribution in [2.45, 2.75) is 44.9 Å². The minimum Gasteiger partial charge on any atom is -0.392 e. The summed E-state index contributed by atoms with van der Waals surface area (Å²) in [5.74, 6) is -0.211. The normalized spacial score (nSPS) is 23.2. The van der Waals surface area contributed by atoms with Gasteiger partial charge in [0.05, 0.1) is 12.0 Å². The standard InChI is InChI=1S/C17H26N2O2/c1-13(19(2)12-14-7-4-3-5-8-14)11-18-17(21)15-9-6-10-16(15)20/h3-5,7-8,13,15-16,20H,6,9-12H2,1-2H3,(H,18,21). The molecule has 1 aliphatic rings. The van der Waals surface area contributed by atoms with Crippen molar-refractivity contribution >= 4 is 5.91 Å². The first-order chi connectivity index (χ1) is 10.1. The van der Waals surface area contributed by atoms with E-state index in [1.54, 1.807) is 0 Å². The van der Waals surface area contributed by atoms with Crippen molar-refractivity contribution in [3.63, 3.8) is 0 Å². The van der Waals surface area contributed by atoms with Gasteiger partial charge in [0.15, 0.2) is 0 Å². The lowest BCUT2D eigenvalue weighted by Gasteiger charge is -2.26. The van der Waals surface area contributed by atoms with Crippen LogP contribution in [0.2, 0.25) is 0 Å². The molecule has 1 aliphatic carbocycles. The Hall–Kier alpha value is -1.39. The van der Waals surface area contributed by atoms with Gasteiger partial charge in [-0.1, -0.05) is 30.3 Å². The molecular weight excluding hydrogens is 264 g/mol. The molecule has 0 spiro atoms. The van der Waals surface area contributed by atoms with Crippen molar-refractivity contribution in [3.05, 3.63) is 35.9 Å². The summed E-state index contributed by atoms with van der Waals surface area (Å²) < 4.78 is 0. The highest BCUT2D eigenvalue weighted by Crippen LogP contribution is 2.25. The van der Waals surface area contributed by atoms with Crippen LogP contribution < -0.4 is 5.32 Å². The van der Waals surface area contributed by atoms with E-state index in [-0.39, 0.29) is 17.9 Å². The van der Waals surface area contributed by atoms with Crippen LogP contribution in [0.5, 0.6) is 0 Å². The Morgan fingerprint density at radius 2 is 2.10 bits per heavy atom. The maximum Gasteiger partial charge on any atom is 0.225 e. The first-order valence-electron chi connectivity index (χ1n) is 7.78. The molecule has 1 fully saturated rings. The summed E-state index contributed by atoms with van der Waals surface area (Å²) in [6.07, 6.45) is 2.05. The Kier molecular flexibility index (Phi) is 5.76. The van der Waals surface area contributed by atoms with Crippen LogP contribution in [0, 0.1) is 5.92 Å². The summed E-state index contributed by atoms with van der Waals surface area (Å²) in [6, 6.07) is 10.6. The van der Waals surface area contributed by atoms with E-state index in [0.717, 1.165) is 25.8 Å². The summed E-state index contributed by atoms with van der Waals surface area (Å²) in [5, 5.41) is 12.7. The van der Waals surface area contributed by atoms with Gasteiger partial charge in [-0.05, 0) is 38.8 Å². The Morgan fingerprint density at radius 1 is 1.38 bits per heavy atom. The second kappa shape index (κ2) is 7.57. The number of aliphatic hydroxyl groups excluding tert-OH is 1. The van der Waals surface area contributed by atoms with Gasteiger partial charge in [-0.3, -0.25) is 9.69 Å². The van der Waals surface area contributed by atoms with Crippen LogP contribution in [-0.4, -0.2) is 41.7 Å². The fraction of sp³-hybridized carbons (Fsp3) is 0.588. The second-order valence-electron chi connectivity index (χ2n) is 6.10. The third-order valence-corrected chi connectivity index (χ3v) is 4.42. The smallest absolute Gasteiger partial charge is 0.225 e. The van der Waals surface area contributed by atoms with Gasteiger partial charge in [-0.2, -0.15) is 0 Å². The largest absolute Gasteiger partial charge is 0.392 e. The number of benzene rings is 1. The fourth-order valence-corrected chi connectivity index (χ4v) is 2.81. The Balaban J connectivity index is 1.76. The SMILES string of the molecule is CC(CNC(=O)C1CCCC1O)N(C)Cc1ccccc1. The zero-order chi connectivity index (χ0) is 15.2. The number of hydrogen-bond donors (Lipinski definition) is 2. The van der Waals surface area contributed by atoms with E-state index in [1.165, 1.54) is 5.56 Å². The van der Waals surface area contributed by atoms with E-state index in [9.17, 15) is 9.90 Å². The molecule has 116 valence electrons. The van der Waals surface area contributed by atoms with E-state index >= 15 is 0 Å². The van der Waals surface area contributed by atoms with Gasteiger partial charge in [0.1, 0.15) is 0 Å². The monoisotopic (exact) mass is 290 g/mol. The van der Waals surface area contributed by atoms with Crippen molar-refractivity contribution in [1.82, 2.24) is 10.2 Å². The number of carbonyl (C=O) groups is 1. The molecule has 2 rings (SSSR count). The molecule has 4 nitrogen and oxygen atoms in total. The average Bonchev–Trinajstić information content (AvgIpc) is 2.91. The maximum atomic E-state index is 12.1. The Bertz CT molecular complexity index is 449. The number of likely N-dealkylation sites (N-methyl/N-ethyl adjacent to an activating group) is 1. The van der Waals surface area contributed by atoms with E-state index in [0.29, 0.717) is 6.54 Å². The lowest BCUT2D eigenvalue weighted by molar-refractivity contribution is -0.127. The van der Waals surface area contributed by atoms with Gasteiger partial charge in [0.25, 0.3) is 0 Å². The molecule has 3 unspecified atom stereocenters. The minimum atomic E-state index is -0.456. The topological polar surface area (TPSA) is 52.6 Å². The number of carbonyl (C=O) groups excluding carboxylic acids is 1. The van der Waals surface area contributed by atoms with Crippen LogP contribution in [-0.2, 0) is 11.3 Å². The predicted molar refractivity (Wildman–Crippen MR) is 83.7 cm³/mol. The average molecular weight is 290 g/mol. The highest BCUT2D eigenvalue weighted by atomic mass is 16.3. The van der Waals surface area contributed by atoms with Gasteiger partial charge in [-0.15, -0.1) is 0 Å². The highest BCUT2D eigenvalue weighted by Gasteiger charge is 2.31. The first kappa shape index (κ1) is 16.0. The second-order valence-corrected chi connectivity index (χ2v) is 6.10. The van der Waals surface area contributed by atoms with E-state index < -0.39 is 6.10 Å².